The molecule has 1 atom stereocenters. The van der Waals surface area contributed by atoms with E-state index in [1.54, 1.807) is 19.4 Å². The first kappa shape index (κ1) is 18.0. The van der Waals surface area contributed by atoms with Gasteiger partial charge >= 0.3 is 0 Å². The molecule has 5 nitrogen and oxygen atoms in total. The Morgan fingerprint density at radius 1 is 1.23 bits per heavy atom. The van der Waals surface area contributed by atoms with Crippen molar-refractivity contribution >= 4 is 17.5 Å². The van der Waals surface area contributed by atoms with Gasteiger partial charge in [-0.2, -0.15) is 0 Å². The summed E-state index contributed by atoms with van der Waals surface area (Å²) in [6.45, 7) is 0. The van der Waals surface area contributed by atoms with Crippen LogP contribution in [0.4, 0.5) is 0 Å². The number of imidazole rings is 1. The van der Waals surface area contributed by atoms with E-state index in [9.17, 15) is 4.79 Å². The molecular formula is C20H20ClN3O2. The Hall–Kier alpha value is -2.79. The highest BCUT2D eigenvalue weighted by atomic mass is 35.5. The van der Waals surface area contributed by atoms with Crippen LogP contribution in [0.15, 0.2) is 60.9 Å². The summed E-state index contributed by atoms with van der Waals surface area (Å²) in [5, 5.41) is 3.64. The lowest BCUT2D eigenvalue weighted by Gasteiger charge is -2.21. The lowest BCUT2D eigenvalue weighted by molar-refractivity contribution is -0.121. The molecule has 1 aromatic heterocycles. The average Bonchev–Trinajstić information content (AvgIpc) is 3.07. The number of carbonyl (C=O) groups is 1. The van der Waals surface area contributed by atoms with E-state index < -0.39 is 6.04 Å². The first-order valence-electron chi connectivity index (χ1n) is 8.23. The van der Waals surface area contributed by atoms with Crippen LogP contribution in [0.25, 0.3) is 0 Å². The van der Waals surface area contributed by atoms with Gasteiger partial charge in [-0.15, -0.1) is 0 Å². The summed E-state index contributed by atoms with van der Waals surface area (Å²) in [6, 6.07) is 14.5. The minimum Gasteiger partial charge on any atom is -0.496 e. The number of aromatic nitrogens is 2. The highest BCUT2D eigenvalue weighted by Gasteiger charge is 2.24. The number of benzene rings is 2. The van der Waals surface area contributed by atoms with Gasteiger partial charge in [0.1, 0.15) is 17.6 Å². The predicted molar refractivity (Wildman–Crippen MR) is 101 cm³/mol. The number of aryl methyl sites for hydroxylation is 1. The van der Waals surface area contributed by atoms with E-state index in [0.29, 0.717) is 10.8 Å². The molecule has 0 saturated carbocycles. The molecule has 3 aromatic rings. The van der Waals surface area contributed by atoms with Crippen LogP contribution in [0.3, 0.4) is 0 Å². The Balaban J connectivity index is 1.91. The zero-order valence-electron chi connectivity index (χ0n) is 14.6. The van der Waals surface area contributed by atoms with Crippen molar-refractivity contribution in [3.8, 4) is 5.75 Å². The Morgan fingerprint density at radius 2 is 1.96 bits per heavy atom. The standard InChI is InChI=1S/C20H20ClN3O2/c1-24-12-11-22-20(24)19(15-8-4-6-10-17(15)26-2)23-18(25)13-14-7-3-5-9-16(14)21/h3-12,19H,13H2,1-2H3,(H,23,25)/t19-/m1/s1. The molecule has 1 N–H and O–H groups in total. The molecule has 1 heterocycles. The maximum atomic E-state index is 12.7. The summed E-state index contributed by atoms with van der Waals surface area (Å²) in [5.74, 6) is 1.28. The van der Waals surface area contributed by atoms with Gasteiger partial charge in [0.05, 0.1) is 13.5 Å². The molecule has 0 bridgehead atoms. The van der Waals surface area contributed by atoms with Gasteiger partial charge in [-0.25, -0.2) is 4.98 Å². The molecule has 2 aromatic carbocycles. The monoisotopic (exact) mass is 369 g/mol. The molecule has 0 aliphatic carbocycles. The topological polar surface area (TPSA) is 56.1 Å². The van der Waals surface area contributed by atoms with Crippen LogP contribution in [0.2, 0.25) is 5.02 Å². The van der Waals surface area contributed by atoms with Gasteiger partial charge in [0.25, 0.3) is 0 Å². The maximum Gasteiger partial charge on any atom is 0.225 e. The predicted octanol–water partition coefficient (Wildman–Crippen LogP) is 3.53. The molecule has 0 saturated heterocycles. The number of carbonyl (C=O) groups excluding carboxylic acids is 1. The Bertz CT molecular complexity index is 907. The first-order valence-corrected chi connectivity index (χ1v) is 8.61. The van der Waals surface area contributed by atoms with E-state index in [1.165, 1.54) is 0 Å². The fourth-order valence-corrected chi connectivity index (χ4v) is 3.07. The number of nitrogens with one attached hydrogen (secondary N) is 1. The van der Waals surface area contributed by atoms with Gasteiger partial charge in [-0.05, 0) is 17.7 Å². The van der Waals surface area contributed by atoms with Crippen molar-refractivity contribution in [1.29, 1.82) is 0 Å². The summed E-state index contributed by atoms with van der Waals surface area (Å²) in [7, 11) is 3.50. The lowest BCUT2D eigenvalue weighted by Crippen LogP contribution is -2.32. The Labute approximate surface area is 157 Å². The van der Waals surface area contributed by atoms with E-state index >= 15 is 0 Å². The smallest absolute Gasteiger partial charge is 0.225 e. The second-order valence-corrected chi connectivity index (χ2v) is 6.31. The van der Waals surface area contributed by atoms with Crippen molar-refractivity contribution in [1.82, 2.24) is 14.9 Å². The van der Waals surface area contributed by atoms with Crippen molar-refractivity contribution < 1.29 is 9.53 Å². The number of halogens is 1. The van der Waals surface area contributed by atoms with Gasteiger partial charge in [-0.1, -0.05) is 48.0 Å². The molecule has 0 fully saturated rings. The normalized spacial score (nSPS) is 11.8. The number of hydrogen-bond donors (Lipinski definition) is 1. The van der Waals surface area contributed by atoms with Crippen LogP contribution in [-0.2, 0) is 18.3 Å². The fraction of sp³-hybridized carbons (Fsp3) is 0.200. The van der Waals surface area contributed by atoms with E-state index in [4.69, 9.17) is 16.3 Å². The number of methoxy groups -OCH3 is 1. The van der Waals surface area contributed by atoms with Crippen LogP contribution < -0.4 is 10.1 Å². The number of para-hydroxylation sites is 1. The number of nitrogens with zero attached hydrogens (tertiary/aromatic N) is 2. The molecule has 6 heteroatoms. The quantitative estimate of drug-likeness (QED) is 0.723. The van der Waals surface area contributed by atoms with Crippen LogP contribution in [-0.4, -0.2) is 22.6 Å². The molecule has 0 aliphatic rings. The van der Waals surface area contributed by atoms with Gasteiger partial charge in [0.2, 0.25) is 5.91 Å². The van der Waals surface area contributed by atoms with Gasteiger partial charge in [0, 0.05) is 30.0 Å². The van der Waals surface area contributed by atoms with E-state index in [1.807, 2.05) is 60.3 Å². The first-order chi connectivity index (χ1) is 12.6. The second-order valence-electron chi connectivity index (χ2n) is 5.91. The minimum absolute atomic E-state index is 0.142. The third-order valence-corrected chi connectivity index (χ3v) is 4.55. The molecule has 0 radical (unpaired) electrons. The largest absolute Gasteiger partial charge is 0.496 e. The average molecular weight is 370 g/mol. The molecule has 26 heavy (non-hydrogen) atoms. The van der Waals surface area contributed by atoms with Crippen LogP contribution in [0, 0.1) is 0 Å². The van der Waals surface area contributed by atoms with Crippen LogP contribution in [0.1, 0.15) is 23.0 Å². The van der Waals surface area contributed by atoms with E-state index in [2.05, 4.69) is 10.3 Å². The highest BCUT2D eigenvalue weighted by molar-refractivity contribution is 6.31. The second kappa shape index (κ2) is 8.06. The van der Waals surface area contributed by atoms with Crippen molar-refractivity contribution in [2.24, 2.45) is 7.05 Å². The SMILES string of the molecule is COc1ccccc1[C@@H](NC(=O)Cc1ccccc1Cl)c1nccn1C. The minimum atomic E-state index is -0.430. The lowest BCUT2D eigenvalue weighted by atomic mass is 10.0. The number of amides is 1. The summed E-state index contributed by atoms with van der Waals surface area (Å²) in [6.07, 6.45) is 3.74. The third-order valence-electron chi connectivity index (χ3n) is 4.18. The van der Waals surface area contributed by atoms with Crippen molar-refractivity contribution in [2.45, 2.75) is 12.5 Å². The Kier molecular flexibility index (Phi) is 5.58. The zero-order chi connectivity index (χ0) is 18.5. The molecule has 3 rings (SSSR count). The maximum absolute atomic E-state index is 12.7. The zero-order valence-corrected chi connectivity index (χ0v) is 15.4. The van der Waals surface area contributed by atoms with Crippen molar-refractivity contribution in [2.75, 3.05) is 7.11 Å². The summed E-state index contributed by atoms with van der Waals surface area (Å²) in [4.78, 5) is 17.1. The summed E-state index contributed by atoms with van der Waals surface area (Å²) >= 11 is 6.18. The summed E-state index contributed by atoms with van der Waals surface area (Å²) < 4.78 is 7.36. The van der Waals surface area contributed by atoms with E-state index in [0.717, 1.165) is 17.0 Å². The van der Waals surface area contributed by atoms with Gasteiger partial charge < -0.3 is 14.6 Å². The molecule has 0 unspecified atom stereocenters. The number of rotatable bonds is 6. The molecule has 1 amide bonds. The van der Waals surface area contributed by atoms with Crippen molar-refractivity contribution in [3.05, 3.63) is 82.9 Å². The highest BCUT2D eigenvalue weighted by Crippen LogP contribution is 2.29. The molecule has 0 spiro atoms. The van der Waals surface area contributed by atoms with E-state index in [-0.39, 0.29) is 12.3 Å². The summed E-state index contributed by atoms with van der Waals surface area (Å²) in [5.41, 5.74) is 1.63. The van der Waals surface area contributed by atoms with Crippen LogP contribution in [0.5, 0.6) is 5.75 Å². The van der Waals surface area contributed by atoms with Crippen molar-refractivity contribution in [3.63, 3.8) is 0 Å². The molecule has 134 valence electrons. The molecule has 0 aliphatic heterocycles. The number of ether oxygens (including phenoxy) is 1. The number of hydrogen-bond acceptors (Lipinski definition) is 3. The van der Waals surface area contributed by atoms with Gasteiger partial charge in [-0.3, -0.25) is 4.79 Å². The third kappa shape index (κ3) is 3.89. The van der Waals surface area contributed by atoms with Crippen LogP contribution >= 0.6 is 11.6 Å². The molecular weight excluding hydrogens is 350 g/mol. The fourth-order valence-electron chi connectivity index (χ4n) is 2.87. The Morgan fingerprint density at radius 3 is 2.65 bits per heavy atom. The van der Waals surface area contributed by atoms with Gasteiger partial charge in [0.15, 0.2) is 0 Å².